The number of halogens is 1. The van der Waals surface area contributed by atoms with E-state index in [1.807, 2.05) is 29.8 Å². The summed E-state index contributed by atoms with van der Waals surface area (Å²) < 4.78 is 4.21. The summed E-state index contributed by atoms with van der Waals surface area (Å²) in [6.07, 6.45) is 1.72. The van der Waals surface area contributed by atoms with Gasteiger partial charge in [0.1, 0.15) is 6.33 Å². The van der Waals surface area contributed by atoms with Gasteiger partial charge in [-0.3, -0.25) is 9.36 Å². The summed E-state index contributed by atoms with van der Waals surface area (Å²) in [7, 11) is 1.92. The van der Waals surface area contributed by atoms with E-state index in [1.54, 1.807) is 23.1 Å². The minimum Gasteiger partial charge on any atom is -0.320 e. The maximum atomic E-state index is 12.3. The number of nitrogens with one attached hydrogen (secondary N) is 2. The van der Waals surface area contributed by atoms with Crippen molar-refractivity contribution in [2.45, 2.75) is 20.5 Å². The smallest absolute Gasteiger partial charge is 0.279 e. The molecule has 2 aromatic carbocycles. The number of amides is 1. The second kappa shape index (κ2) is 8.68. The first-order valence-electron chi connectivity index (χ1n) is 8.93. The number of likely N-dealkylation sites (N-methyl/N-ethyl adjacent to an activating group) is 1. The summed E-state index contributed by atoms with van der Waals surface area (Å²) >= 11 is 11.7. The van der Waals surface area contributed by atoms with Crippen molar-refractivity contribution in [1.29, 1.82) is 0 Å². The van der Waals surface area contributed by atoms with Gasteiger partial charge in [0.2, 0.25) is 4.77 Å². The van der Waals surface area contributed by atoms with E-state index in [0.29, 0.717) is 22.1 Å². The van der Waals surface area contributed by atoms with Gasteiger partial charge in [-0.2, -0.15) is 9.78 Å². The van der Waals surface area contributed by atoms with Gasteiger partial charge < -0.3 is 10.2 Å². The zero-order valence-corrected chi connectivity index (χ0v) is 17.6. The SMILES string of the molecule is Cc1ccc(-n2cnn(C[NH+](C)CC(=O)Nc3ccccc3Cl)c2=S)c(C)c1. The Kier molecular flexibility index (Phi) is 6.28. The van der Waals surface area contributed by atoms with E-state index < -0.39 is 0 Å². The number of carbonyl (C=O) groups excluding carboxylic acids is 1. The maximum Gasteiger partial charge on any atom is 0.279 e. The number of carbonyl (C=O) groups is 1. The summed E-state index contributed by atoms with van der Waals surface area (Å²) in [5.74, 6) is -0.120. The highest BCUT2D eigenvalue weighted by Crippen LogP contribution is 2.20. The van der Waals surface area contributed by atoms with Crippen LogP contribution in [0, 0.1) is 18.6 Å². The average molecular weight is 417 g/mol. The van der Waals surface area contributed by atoms with E-state index in [4.69, 9.17) is 23.8 Å². The maximum absolute atomic E-state index is 12.3. The van der Waals surface area contributed by atoms with Crippen LogP contribution < -0.4 is 10.2 Å². The number of hydrogen-bond donors (Lipinski definition) is 2. The molecule has 0 saturated heterocycles. The van der Waals surface area contributed by atoms with Crippen LogP contribution in [0.3, 0.4) is 0 Å². The van der Waals surface area contributed by atoms with Crippen LogP contribution in [0.25, 0.3) is 5.69 Å². The highest BCUT2D eigenvalue weighted by atomic mass is 35.5. The van der Waals surface area contributed by atoms with Crippen molar-refractivity contribution < 1.29 is 9.69 Å². The fourth-order valence-corrected chi connectivity index (χ4v) is 3.47. The molecule has 1 unspecified atom stereocenters. The third-order valence-corrected chi connectivity index (χ3v) is 5.11. The zero-order valence-electron chi connectivity index (χ0n) is 16.1. The number of quaternary nitrogens is 1. The zero-order chi connectivity index (χ0) is 20.3. The number of para-hydroxylation sites is 1. The second-order valence-corrected chi connectivity index (χ2v) is 7.67. The Hall–Kier alpha value is -2.48. The summed E-state index contributed by atoms with van der Waals surface area (Å²) in [5.41, 5.74) is 3.96. The Morgan fingerprint density at radius 2 is 2.00 bits per heavy atom. The van der Waals surface area contributed by atoms with E-state index in [0.717, 1.165) is 16.2 Å². The van der Waals surface area contributed by atoms with Gasteiger partial charge in [-0.05, 0) is 49.8 Å². The van der Waals surface area contributed by atoms with Crippen LogP contribution in [-0.4, -0.2) is 33.8 Å². The Labute approximate surface area is 174 Å². The lowest BCUT2D eigenvalue weighted by Gasteiger charge is -2.14. The third-order valence-electron chi connectivity index (χ3n) is 4.38. The molecule has 3 rings (SSSR count). The third kappa shape index (κ3) is 4.67. The van der Waals surface area contributed by atoms with Gasteiger partial charge in [-0.25, -0.2) is 0 Å². The molecule has 0 aliphatic carbocycles. The number of nitrogens with zero attached hydrogens (tertiary/aromatic N) is 3. The molecule has 0 bridgehead atoms. The van der Waals surface area contributed by atoms with Crippen LogP contribution in [0.5, 0.6) is 0 Å². The predicted molar refractivity (Wildman–Crippen MR) is 114 cm³/mol. The number of benzene rings is 2. The molecule has 8 heteroatoms. The largest absolute Gasteiger partial charge is 0.320 e. The molecule has 0 spiro atoms. The molecule has 2 N–H and O–H groups in total. The highest BCUT2D eigenvalue weighted by molar-refractivity contribution is 7.71. The number of hydrogen-bond acceptors (Lipinski definition) is 3. The lowest BCUT2D eigenvalue weighted by atomic mass is 10.1. The Morgan fingerprint density at radius 1 is 1.25 bits per heavy atom. The van der Waals surface area contributed by atoms with E-state index in [2.05, 4.69) is 36.4 Å². The topological polar surface area (TPSA) is 56.3 Å². The van der Waals surface area contributed by atoms with Gasteiger partial charge in [0.15, 0.2) is 13.2 Å². The Bertz CT molecular complexity index is 1060. The molecule has 6 nitrogen and oxygen atoms in total. The second-order valence-electron chi connectivity index (χ2n) is 6.89. The number of aryl methyl sites for hydroxylation is 2. The molecule has 1 heterocycles. The van der Waals surface area contributed by atoms with Gasteiger partial charge in [-0.15, -0.1) is 0 Å². The average Bonchev–Trinajstić information content (AvgIpc) is 2.97. The van der Waals surface area contributed by atoms with E-state index in [-0.39, 0.29) is 12.5 Å². The van der Waals surface area contributed by atoms with Gasteiger partial charge in [0.25, 0.3) is 5.91 Å². The molecule has 3 aromatic rings. The normalized spacial score (nSPS) is 12.0. The highest BCUT2D eigenvalue weighted by Gasteiger charge is 2.14. The summed E-state index contributed by atoms with van der Waals surface area (Å²) in [5, 5.41) is 7.75. The van der Waals surface area contributed by atoms with Crippen molar-refractivity contribution in [3.05, 3.63) is 69.7 Å². The standard InChI is InChI=1S/C20H22ClN5OS/c1-14-8-9-18(15(2)10-14)25-12-22-26(20(25)28)13-24(3)11-19(27)23-17-7-5-4-6-16(17)21/h4-10,12H,11,13H2,1-3H3,(H,23,27)/p+1. The van der Waals surface area contributed by atoms with Crippen LogP contribution in [0.15, 0.2) is 48.8 Å². The number of anilines is 1. The molecular weight excluding hydrogens is 394 g/mol. The van der Waals surface area contributed by atoms with Crippen molar-refractivity contribution >= 4 is 35.4 Å². The number of aromatic nitrogens is 3. The van der Waals surface area contributed by atoms with Gasteiger partial charge in [-0.1, -0.05) is 41.4 Å². The van der Waals surface area contributed by atoms with E-state index in [9.17, 15) is 4.79 Å². The van der Waals surface area contributed by atoms with Crippen molar-refractivity contribution in [2.24, 2.45) is 0 Å². The van der Waals surface area contributed by atoms with Gasteiger partial charge in [0, 0.05) is 0 Å². The molecule has 0 aliphatic rings. The van der Waals surface area contributed by atoms with Crippen molar-refractivity contribution in [3.63, 3.8) is 0 Å². The first kappa shape index (κ1) is 20.3. The molecule has 0 radical (unpaired) electrons. The number of rotatable bonds is 6. The Balaban J connectivity index is 1.67. The molecule has 146 valence electrons. The fraction of sp³-hybridized carbons (Fsp3) is 0.250. The molecule has 1 amide bonds. The lowest BCUT2D eigenvalue weighted by Crippen LogP contribution is -3.09. The van der Waals surface area contributed by atoms with E-state index >= 15 is 0 Å². The van der Waals surface area contributed by atoms with Crippen molar-refractivity contribution in [1.82, 2.24) is 14.3 Å². The lowest BCUT2D eigenvalue weighted by molar-refractivity contribution is -0.895. The van der Waals surface area contributed by atoms with Gasteiger partial charge in [0.05, 0.1) is 23.4 Å². The van der Waals surface area contributed by atoms with Crippen LogP contribution >= 0.6 is 23.8 Å². The molecular formula is C20H23ClN5OS+. The first-order chi connectivity index (χ1) is 13.3. The molecule has 0 fully saturated rings. The minimum absolute atomic E-state index is 0.120. The molecule has 1 aromatic heterocycles. The summed E-state index contributed by atoms with van der Waals surface area (Å²) in [6, 6.07) is 13.4. The van der Waals surface area contributed by atoms with Crippen LogP contribution in [0.1, 0.15) is 11.1 Å². The predicted octanol–water partition coefficient (Wildman–Crippen LogP) is 2.78. The first-order valence-corrected chi connectivity index (χ1v) is 9.71. The van der Waals surface area contributed by atoms with Gasteiger partial charge >= 0.3 is 0 Å². The molecule has 28 heavy (non-hydrogen) atoms. The minimum atomic E-state index is -0.120. The van der Waals surface area contributed by atoms with Crippen LogP contribution in [-0.2, 0) is 11.5 Å². The monoisotopic (exact) mass is 416 g/mol. The van der Waals surface area contributed by atoms with Crippen molar-refractivity contribution in [2.75, 3.05) is 18.9 Å². The Morgan fingerprint density at radius 3 is 2.71 bits per heavy atom. The summed E-state index contributed by atoms with van der Waals surface area (Å²) in [6.45, 7) is 4.86. The molecule has 0 saturated carbocycles. The van der Waals surface area contributed by atoms with Crippen LogP contribution in [0.4, 0.5) is 5.69 Å². The fourth-order valence-electron chi connectivity index (χ4n) is 3.03. The van der Waals surface area contributed by atoms with Crippen LogP contribution in [0.2, 0.25) is 5.02 Å². The molecule has 1 atom stereocenters. The van der Waals surface area contributed by atoms with Crippen molar-refractivity contribution in [3.8, 4) is 5.69 Å². The summed E-state index contributed by atoms with van der Waals surface area (Å²) in [4.78, 5) is 13.3. The van der Waals surface area contributed by atoms with E-state index in [1.165, 1.54) is 5.56 Å². The molecule has 0 aliphatic heterocycles. The quantitative estimate of drug-likeness (QED) is 0.607.